The molecule has 70 valence electrons. The molecule has 0 fully saturated rings. The lowest BCUT2D eigenvalue weighted by molar-refractivity contribution is -0.156. The lowest BCUT2D eigenvalue weighted by Gasteiger charge is -2.14. The molecule has 0 aliphatic rings. The van der Waals surface area contributed by atoms with E-state index in [0.717, 1.165) is 7.11 Å². The van der Waals surface area contributed by atoms with Gasteiger partial charge < -0.3 is 14.9 Å². The standard InChI is InChI=1S/C8H14O4/c1-3-4-5-6(9)7(10)8(11)12-2/h3,6-7,9-10H,1,4-5H2,2H3. The summed E-state index contributed by atoms with van der Waals surface area (Å²) in [4.78, 5) is 10.7. The number of hydrogen-bond donors (Lipinski definition) is 2. The number of carbonyl (C=O) groups is 1. The van der Waals surface area contributed by atoms with Crippen LogP contribution in [0.25, 0.3) is 0 Å². The normalized spacial score (nSPS) is 14.9. The minimum absolute atomic E-state index is 0.305. The fourth-order valence-electron chi connectivity index (χ4n) is 0.724. The molecule has 0 aromatic rings. The zero-order chi connectivity index (χ0) is 9.56. The Morgan fingerprint density at radius 2 is 2.25 bits per heavy atom. The van der Waals surface area contributed by atoms with Gasteiger partial charge >= 0.3 is 5.97 Å². The van der Waals surface area contributed by atoms with Gasteiger partial charge in [0, 0.05) is 0 Å². The first kappa shape index (κ1) is 11.1. The number of hydrogen-bond acceptors (Lipinski definition) is 4. The molecule has 0 saturated carbocycles. The maximum atomic E-state index is 10.7. The SMILES string of the molecule is C=CCCC(O)C(O)C(=O)OC. The predicted octanol–water partition coefficient (Wildman–Crippen LogP) is -0.153. The third kappa shape index (κ3) is 3.50. The molecular formula is C8H14O4. The molecule has 4 nitrogen and oxygen atoms in total. The van der Waals surface area contributed by atoms with Crippen molar-refractivity contribution < 1.29 is 19.7 Å². The minimum atomic E-state index is -1.45. The second-order valence-electron chi connectivity index (χ2n) is 2.40. The second kappa shape index (κ2) is 5.74. The van der Waals surface area contributed by atoms with E-state index in [0.29, 0.717) is 12.8 Å². The molecular weight excluding hydrogens is 160 g/mol. The molecule has 0 rings (SSSR count). The van der Waals surface area contributed by atoms with E-state index in [-0.39, 0.29) is 0 Å². The molecule has 0 aliphatic heterocycles. The van der Waals surface area contributed by atoms with Crippen LogP contribution in [0.5, 0.6) is 0 Å². The Labute approximate surface area is 71.5 Å². The van der Waals surface area contributed by atoms with Crippen molar-refractivity contribution in [2.45, 2.75) is 25.0 Å². The van der Waals surface area contributed by atoms with Gasteiger partial charge in [0.15, 0.2) is 6.10 Å². The first-order valence-corrected chi connectivity index (χ1v) is 3.68. The van der Waals surface area contributed by atoms with Crippen molar-refractivity contribution in [3.63, 3.8) is 0 Å². The number of rotatable bonds is 5. The van der Waals surface area contributed by atoms with Crippen LogP contribution in [-0.4, -0.2) is 35.5 Å². The van der Waals surface area contributed by atoms with E-state index in [4.69, 9.17) is 10.2 Å². The Morgan fingerprint density at radius 3 is 2.67 bits per heavy atom. The monoisotopic (exact) mass is 174 g/mol. The zero-order valence-electron chi connectivity index (χ0n) is 7.06. The summed E-state index contributed by atoms with van der Waals surface area (Å²) < 4.78 is 4.24. The summed E-state index contributed by atoms with van der Waals surface area (Å²) in [6.07, 6.45) is -0.0623. The lowest BCUT2D eigenvalue weighted by Crippen LogP contribution is -2.34. The Balaban J connectivity index is 3.82. The van der Waals surface area contributed by atoms with Crippen molar-refractivity contribution in [3.05, 3.63) is 12.7 Å². The molecule has 0 aromatic carbocycles. The van der Waals surface area contributed by atoms with Crippen LogP contribution in [0.15, 0.2) is 12.7 Å². The van der Waals surface area contributed by atoms with Gasteiger partial charge in [0.2, 0.25) is 0 Å². The predicted molar refractivity (Wildman–Crippen MR) is 43.5 cm³/mol. The quantitative estimate of drug-likeness (QED) is 0.449. The highest BCUT2D eigenvalue weighted by atomic mass is 16.5. The van der Waals surface area contributed by atoms with Gasteiger partial charge in [0.1, 0.15) is 0 Å². The molecule has 2 N–H and O–H groups in total. The number of aliphatic hydroxyl groups excluding tert-OH is 2. The van der Waals surface area contributed by atoms with Crippen LogP contribution in [0.2, 0.25) is 0 Å². The van der Waals surface area contributed by atoms with Crippen molar-refractivity contribution in [2.75, 3.05) is 7.11 Å². The minimum Gasteiger partial charge on any atom is -0.467 e. The summed E-state index contributed by atoms with van der Waals surface area (Å²) in [7, 11) is 1.16. The first-order valence-electron chi connectivity index (χ1n) is 3.68. The molecule has 0 aliphatic carbocycles. The Hall–Kier alpha value is -0.870. The van der Waals surface area contributed by atoms with Gasteiger partial charge in [0.05, 0.1) is 13.2 Å². The lowest BCUT2D eigenvalue weighted by atomic mass is 10.1. The number of aliphatic hydroxyl groups is 2. The largest absolute Gasteiger partial charge is 0.467 e. The van der Waals surface area contributed by atoms with Crippen LogP contribution < -0.4 is 0 Å². The van der Waals surface area contributed by atoms with E-state index in [9.17, 15) is 4.79 Å². The van der Waals surface area contributed by atoms with E-state index in [1.165, 1.54) is 0 Å². The average molecular weight is 174 g/mol. The van der Waals surface area contributed by atoms with E-state index < -0.39 is 18.2 Å². The molecule has 4 heteroatoms. The Bertz CT molecular complexity index is 155. The number of allylic oxidation sites excluding steroid dienone is 1. The highest BCUT2D eigenvalue weighted by molar-refractivity contribution is 5.74. The van der Waals surface area contributed by atoms with Crippen LogP contribution in [0, 0.1) is 0 Å². The maximum absolute atomic E-state index is 10.7. The third-order valence-corrected chi connectivity index (χ3v) is 1.47. The Kier molecular flexibility index (Phi) is 5.32. The van der Waals surface area contributed by atoms with E-state index in [1.54, 1.807) is 6.08 Å². The molecule has 0 amide bonds. The van der Waals surface area contributed by atoms with Crippen molar-refractivity contribution in [2.24, 2.45) is 0 Å². The van der Waals surface area contributed by atoms with Crippen LogP contribution in [0.3, 0.4) is 0 Å². The van der Waals surface area contributed by atoms with Gasteiger partial charge in [-0.2, -0.15) is 0 Å². The van der Waals surface area contributed by atoms with E-state index in [1.807, 2.05) is 0 Å². The third-order valence-electron chi connectivity index (χ3n) is 1.47. The molecule has 0 bridgehead atoms. The van der Waals surface area contributed by atoms with Gasteiger partial charge in [-0.05, 0) is 12.8 Å². The highest BCUT2D eigenvalue weighted by Crippen LogP contribution is 2.04. The highest BCUT2D eigenvalue weighted by Gasteiger charge is 2.23. The molecule has 0 radical (unpaired) electrons. The first-order chi connectivity index (χ1) is 5.63. The summed E-state index contributed by atoms with van der Waals surface area (Å²) in [6, 6.07) is 0. The molecule has 12 heavy (non-hydrogen) atoms. The van der Waals surface area contributed by atoms with Gasteiger partial charge in [-0.3, -0.25) is 0 Å². The van der Waals surface area contributed by atoms with Gasteiger partial charge in [0.25, 0.3) is 0 Å². The summed E-state index contributed by atoms with van der Waals surface area (Å²) in [5.74, 6) is -0.813. The topological polar surface area (TPSA) is 66.8 Å². The molecule has 0 saturated heterocycles. The number of carbonyl (C=O) groups excluding carboxylic acids is 1. The summed E-state index contributed by atoms with van der Waals surface area (Å²) in [5, 5.41) is 18.2. The number of methoxy groups -OCH3 is 1. The van der Waals surface area contributed by atoms with Crippen molar-refractivity contribution >= 4 is 5.97 Å². The summed E-state index contributed by atoms with van der Waals surface area (Å²) in [5.41, 5.74) is 0. The molecule has 0 aromatic heterocycles. The van der Waals surface area contributed by atoms with Crippen LogP contribution >= 0.6 is 0 Å². The van der Waals surface area contributed by atoms with Gasteiger partial charge in [-0.25, -0.2) is 4.79 Å². The maximum Gasteiger partial charge on any atom is 0.337 e. The summed E-state index contributed by atoms with van der Waals surface area (Å²) in [6.45, 7) is 3.45. The van der Waals surface area contributed by atoms with Gasteiger partial charge in [-0.15, -0.1) is 6.58 Å². The number of ether oxygens (including phenoxy) is 1. The molecule has 0 heterocycles. The summed E-state index contributed by atoms with van der Waals surface area (Å²) >= 11 is 0. The van der Waals surface area contributed by atoms with Crippen molar-refractivity contribution in [3.8, 4) is 0 Å². The average Bonchev–Trinajstić information content (AvgIpc) is 2.11. The fourth-order valence-corrected chi connectivity index (χ4v) is 0.724. The smallest absolute Gasteiger partial charge is 0.337 e. The van der Waals surface area contributed by atoms with E-state index in [2.05, 4.69) is 11.3 Å². The fraction of sp³-hybridized carbons (Fsp3) is 0.625. The van der Waals surface area contributed by atoms with Crippen LogP contribution in [-0.2, 0) is 9.53 Å². The number of esters is 1. The molecule has 2 atom stereocenters. The van der Waals surface area contributed by atoms with Crippen molar-refractivity contribution in [1.29, 1.82) is 0 Å². The van der Waals surface area contributed by atoms with Crippen LogP contribution in [0.1, 0.15) is 12.8 Å². The van der Waals surface area contributed by atoms with Crippen molar-refractivity contribution in [1.82, 2.24) is 0 Å². The van der Waals surface area contributed by atoms with Crippen LogP contribution in [0.4, 0.5) is 0 Å². The molecule has 2 unspecified atom stereocenters. The Morgan fingerprint density at radius 1 is 1.67 bits per heavy atom. The second-order valence-corrected chi connectivity index (χ2v) is 2.40. The van der Waals surface area contributed by atoms with E-state index >= 15 is 0 Å². The van der Waals surface area contributed by atoms with Gasteiger partial charge in [-0.1, -0.05) is 6.08 Å². The zero-order valence-corrected chi connectivity index (χ0v) is 7.06. The molecule has 0 spiro atoms.